The number of nitrogens with one attached hydrogen (secondary N) is 3. The number of nitrogens with zero attached hydrogens (tertiary/aromatic N) is 1. The van der Waals surface area contributed by atoms with E-state index >= 15 is 0 Å². The molecule has 2 heterocycles. The molecule has 1 aliphatic heterocycles. The van der Waals surface area contributed by atoms with Crippen LogP contribution in [0.1, 0.15) is 30.1 Å². The molecule has 1 unspecified atom stereocenters. The molecule has 0 radical (unpaired) electrons. The summed E-state index contributed by atoms with van der Waals surface area (Å²) in [5, 5.41) is 8.73. The van der Waals surface area contributed by atoms with Gasteiger partial charge in [0.15, 0.2) is 0 Å². The molecular weight excluding hydrogens is 332 g/mol. The van der Waals surface area contributed by atoms with Crippen molar-refractivity contribution in [1.29, 1.82) is 0 Å². The Morgan fingerprint density at radius 2 is 1.88 bits per heavy atom. The number of rotatable bonds is 6. The fourth-order valence-electron chi connectivity index (χ4n) is 2.74. The van der Waals surface area contributed by atoms with Crippen LogP contribution in [-0.4, -0.2) is 36.1 Å². The van der Waals surface area contributed by atoms with Crippen LogP contribution < -0.4 is 16.0 Å². The number of amides is 2. The Kier molecular flexibility index (Phi) is 5.80. The van der Waals surface area contributed by atoms with Crippen LogP contribution in [0.4, 0.5) is 17.2 Å². The summed E-state index contributed by atoms with van der Waals surface area (Å²) in [7, 11) is 0. The number of ether oxygens (including phenoxy) is 1. The number of pyridine rings is 1. The largest absolute Gasteiger partial charge is 0.376 e. The zero-order valence-corrected chi connectivity index (χ0v) is 14.6. The van der Waals surface area contributed by atoms with Crippen LogP contribution >= 0.6 is 0 Å². The van der Waals surface area contributed by atoms with E-state index in [1.165, 1.54) is 6.92 Å². The van der Waals surface area contributed by atoms with Gasteiger partial charge >= 0.3 is 0 Å². The van der Waals surface area contributed by atoms with Crippen molar-refractivity contribution >= 4 is 29.0 Å². The molecule has 1 aromatic heterocycles. The highest BCUT2D eigenvalue weighted by molar-refractivity contribution is 6.04. The molecule has 1 aliphatic rings. The van der Waals surface area contributed by atoms with Crippen LogP contribution in [0, 0.1) is 0 Å². The highest BCUT2D eigenvalue weighted by atomic mass is 16.5. The maximum Gasteiger partial charge on any atom is 0.255 e. The first-order valence-electron chi connectivity index (χ1n) is 8.61. The van der Waals surface area contributed by atoms with Crippen LogP contribution in [-0.2, 0) is 9.53 Å². The van der Waals surface area contributed by atoms with Crippen LogP contribution in [0.2, 0.25) is 0 Å². The molecule has 2 amide bonds. The molecule has 7 heteroatoms. The third-order valence-electron chi connectivity index (χ3n) is 4.02. The maximum absolute atomic E-state index is 12.4. The molecule has 1 saturated heterocycles. The van der Waals surface area contributed by atoms with Crippen molar-refractivity contribution in [2.75, 3.05) is 29.1 Å². The van der Waals surface area contributed by atoms with Gasteiger partial charge in [-0.25, -0.2) is 4.98 Å². The summed E-state index contributed by atoms with van der Waals surface area (Å²) in [5.74, 6) is 0.288. The van der Waals surface area contributed by atoms with Gasteiger partial charge in [0.05, 0.1) is 6.10 Å². The van der Waals surface area contributed by atoms with Gasteiger partial charge in [0.1, 0.15) is 5.82 Å². The van der Waals surface area contributed by atoms with E-state index in [1.54, 1.807) is 42.6 Å². The predicted octanol–water partition coefficient (Wildman–Crippen LogP) is 2.88. The number of hydrogen-bond acceptors (Lipinski definition) is 5. The molecule has 136 valence electrons. The molecule has 1 fully saturated rings. The van der Waals surface area contributed by atoms with E-state index in [4.69, 9.17) is 4.74 Å². The SMILES string of the molecule is CC(=O)Nc1ccc(NC(=O)c2ccnc(NCC3CCCO3)c2)cc1. The van der Waals surface area contributed by atoms with Gasteiger partial charge in [-0.15, -0.1) is 0 Å². The van der Waals surface area contributed by atoms with E-state index in [1.807, 2.05) is 0 Å². The lowest BCUT2D eigenvalue weighted by molar-refractivity contribution is -0.114. The first-order valence-corrected chi connectivity index (χ1v) is 8.61. The minimum Gasteiger partial charge on any atom is -0.376 e. The molecule has 0 aliphatic carbocycles. The Hall–Kier alpha value is -2.93. The van der Waals surface area contributed by atoms with Crippen molar-refractivity contribution in [3.05, 3.63) is 48.2 Å². The minimum atomic E-state index is -0.222. The lowest BCUT2D eigenvalue weighted by Crippen LogP contribution is -2.19. The Morgan fingerprint density at radius 3 is 2.54 bits per heavy atom. The van der Waals surface area contributed by atoms with Gasteiger partial charge < -0.3 is 20.7 Å². The quantitative estimate of drug-likeness (QED) is 0.742. The van der Waals surface area contributed by atoms with Gasteiger partial charge in [-0.05, 0) is 49.2 Å². The van der Waals surface area contributed by atoms with Gasteiger partial charge in [-0.3, -0.25) is 9.59 Å². The molecule has 0 bridgehead atoms. The molecule has 1 atom stereocenters. The van der Waals surface area contributed by atoms with Gasteiger partial charge in [-0.1, -0.05) is 0 Å². The summed E-state index contributed by atoms with van der Waals surface area (Å²) in [6.07, 6.45) is 3.94. The Labute approximate surface area is 152 Å². The third kappa shape index (κ3) is 5.03. The average molecular weight is 354 g/mol. The zero-order chi connectivity index (χ0) is 18.4. The van der Waals surface area contributed by atoms with Gasteiger partial charge in [0.25, 0.3) is 5.91 Å². The maximum atomic E-state index is 12.4. The topological polar surface area (TPSA) is 92.4 Å². The van der Waals surface area contributed by atoms with Gasteiger partial charge in [0, 0.05) is 43.2 Å². The fourth-order valence-corrected chi connectivity index (χ4v) is 2.74. The lowest BCUT2D eigenvalue weighted by atomic mass is 10.2. The summed E-state index contributed by atoms with van der Waals surface area (Å²) in [4.78, 5) is 27.7. The number of benzene rings is 1. The highest BCUT2D eigenvalue weighted by Gasteiger charge is 2.15. The first-order chi connectivity index (χ1) is 12.6. The van der Waals surface area contributed by atoms with Crippen molar-refractivity contribution in [2.45, 2.75) is 25.9 Å². The standard InChI is InChI=1S/C19H22N4O3/c1-13(24)22-15-4-6-16(7-5-15)23-19(25)14-8-9-20-18(11-14)21-12-17-3-2-10-26-17/h4-9,11,17H,2-3,10,12H2,1H3,(H,20,21)(H,22,24)(H,23,25). The van der Waals surface area contributed by atoms with Crippen molar-refractivity contribution in [3.8, 4) is 0 Å². The molecule has 3 N–H and O–H groups in total. The smallest absolute Gasteiger partial charge is 0.255 e. The van der Waals surface area contributed by atoms with E-state index < -0.39 is 0 Å². The second kappa shape index (κ2) is 8.44. The monoisotopic (exact) mass is 354 g/mol. The fraction of sp³-hybridized carbons (Fsp3) is 0.316. The van der Waals surface area contributed by atoms with E-state index in [0.717, 1.165) is 19.4 Å². The summed E-state index contributed by atoms with van der Waals surface area (Å²) in [6, 6.07) is 10.3. The highest BCUT2D eigenvalue weighted by Crippen LogP contribution is 2.16. The van der Waals surface area contributed by atoms with Crippen LogP contribution in [0.5, 0.6) is 0 Å². The van der Waals surface area contributed by atoms with Crippen molar-refractivity contribution < 1.29 is 14.3 Å². The number of carbonyl (C=O) groups excluding carboxylic acids is 2. The molecule has 0 spiro atoms. The number of anilines is 3. The molecule has 0 saturated carbocycles. The molecule has 1 aromatic carbocycles. The minimum absolute atomic E-state index is 0.137. The Morgan fingerprint density at radius 1 is 1.15 bits per heavy atom. The van der Waals surface area contributed by atoms with Crippen molar-refractivity contribution in [2.24, 2.45) is 0 Å². The van der Waals surface area contributed by atoms with Crippen LogP contribution in [0.25, 0.3) is 0 Å². The van der Waals surface area contributed by atoms with Crippen molar-refractivity contribution in [1.82, 2.24) is 4.98 Å². The van der Waals surface area contributed by atoms with E-state index in [2.05, 4.69) is 20.9 Å². The second-order valence-corrected chi connectivity index (χ2v) is 6.16. The number of aromatic nitrogens is 1. The molecular formula is C19H22N4O3. The third-order valence-corrected chi connectivity index (χ3v) is 4.02. The number of carbonyl (C=O) groups is 2. The predicted molar refractivity (Wildman–Crippen MR) is 100 cm³/mol. The first kappa shape index (κ1) is 17.9. The molecule has 3 rings (SSSR count). The Balaban J connectivity index is 1.58. The summed E-state index contributed by atoms with van der Waals surface area (Å²) >= 11 is 0. The zero-order valence-electron chi connectivity index (χ0n) is 14.6. The Bertz CT molecular complexity index is 771. The molecule has 7 nitrogen and oxygen atoms in total. The summed E-state index contributed by atoms with van der Waals surface area (Å²) < 4.78 is 5.57. The van der Waals surface area contributed by atoms with Gasteiger partial charge in [0.2, 0.25) is 5.91 Å². The van der Waals surface area contributed by atoms with E-state index in [9.17, 15) is 9.59 Å². The second-order valence-electron chi connectivity index (χ2n) is 6.16. The lowest BCUT2D eigenvalue weighted by Gasteiger charge is -2.12. The number of hydrogen-bond donors (Lipinski definition) is 3. The molecule has 2 aromatic rings. The van der Waals surface area contributed by atoms with Crippen LogP contribution in [0.3, 0.4) is 0 Å². The van der Waals surface area contributed by atoms with Crippen molar-refractivity contribution in [3.63, 3.8) is 0 Å². The van der Waals surface area contributed by atoms with Crippen LogP contribution in [0.15, 0.2) is 42.6 Å². The average Bonchev–Trinajstić information content (AvgIpc) is 3.15. The van der Waals surface area contributed by atoms with Gasteiger partial charge in [-0.2, -0.15) is 0 Å². The molecule has 26 heavy (non-hydrogen) atoms. The summed E-state index contributed by atoms with van der Waals surface area (Å²) in [6.45, 7) is 2.94. The van der Waals surface area contributed by atoms with E-state index in [0.29, 0.717) is 29.3 Å². The van der Waals surface area contributed by atoms with E-state index in [-0.39, 0.29) is 17.9 Å². The summed E-state index contributed by atoms with van der Waals surface area (Å²) in [5.41, 5.74) is 1.84. The normalized spacial score (nSPS) is 16.1.